The summed E-state index contributed by atoms with van der Waals surface area (Å²) in [5.41, 5.74) is 0. The molecule has 0 saturated carbocycles. The molecule has 0 aliphatic rings. The summed E-state index contributed by atoms with van der Waals surface area (Å²) >= 11 is 0. The van der Waals surface area contributed by atoms with Gasteiger partial charge in [-0.25, -0.2) is 0 Å². The smallest absolute Gasteiger partial charge is 0.306 e. The average Bonchev–Trinajstić information content (AvgIpc) is 3.24. The molecule has 6 heteroatoms. The van der Waals surface area contributed by atoms with Crippen LogP contribution in [0.25, 0.3) is 0 Å². The van der Waals surface area contributed by atoms with Crippen LogP contribution in [0.15, 0.2) is 12.2 Å². The molecule has 0 spiro atoms. The molecule has 0 aromatic heterocycles. The van der Waals surface area contributed by atoms with Gasteiger partial charge < -0.3 is 20.3 Å². The van der Waals surface area contributed by atoms with Gasteiger partial charge in [-0.1, -0.05) is 251 Å². The van der Waals surface area contributed by atoms with Crippen molar-refractivity contribution in [2.24, 2.45) is 0 Å². The van der Waals surface area contributed by atoms with Crippen LogP contribution in [0.4, 0.5) is 0 Å². The lowest BCUT2D eigenvalue weighted by Crippen LogP contribution is -2.46. The first-order valence-corrected chi connectivity index (χ1v) is 26.9. The van der Waals surface area contributed by atoms with Crippen LogP contribution in [0.1, 0.15) is 297 Å². The minimum Gasteiger partial charge on any atom is -0.462 e. The van der Waals surface area contributed by atoms with Crippen molar-refractivity contribution in [1.82, 2.24) is 5.32 Å². The van der Waals surface area contributed by atoms with Crippen LogP contribution in [0.2, 0.25) is 0 Å². The Kier molecular flexibility index (Phi) is 47.5. The number of aliphatic hydroxyl groups excluding tert-OH is 2. The van der Waals surface area contributed by atoms with E-state index < -0.39 is 18.2 Å². The number of allylic oxidation sites excluding steroid dienone is 2. The molecule has 0 saturated heterocycles. The molecule has 0 fully saturated rings. The second-order valence-electron chi connectivity index (χ2n) is 18.6. The van der Waals surface area contributed by atoms with E-state index in [1.165, 1.54) is 186 Å². The van der Waals surface area contributed by atoms with E-state index in [2.05, 4.69) is 38.2 Å². The fourth-order valence-corrected chi connectivity index (χ4v) is 8.49. The lowest BCUT2D eigenvalue weighted by atomic mass is 10.0. The third-order valence-electron chi connectivity index (χ3n) is 12.6. The van der Waals surface area contributed by atoms with Crippen molar-refractivity contribution in [3.63, 3.8) is 0 Å². The van der Waals surface area contributed by atoms with E-state index in [4.69, 9.17) is 4.74 Å². The highest BCUT2D eigenvalue weighted by atomic mass is 16.5. The highest BCUT2D eigenvalue weighted by Crippen LogP contribution is 2.18. The number of hydrogen-bond donors (Lipinski definition) is 3. The summed E-state index contributed by atoms with van der Waals surface area (Å²) in [6.45, 7) is 6.44. The summed E-state index contributed by atoms with van der Waals surface area (Å²) in [5.74, 6) is -0.475. The maximum atomic E-state index is 13.2. The molecule has 0 heterocycles. The van der Waals surface area contributed by atoms with Crippen molar-refractivity contribution < 1.29 is 24.5 Å². The molecular formula is C54H105NO5. The van der Waals surface area contributed by atoms with Crippen LogP contribution in [0.5, 0.6) is 0 Å². The number of nitrogens with one attached hydrogen (secondary N) is 1. The van der Waals surface area contributed by atoms with Gasteiger partial charge in [-0.2, -0.15) is 0 Å². The highest BCUT2D eigenvalue weighted by molar-refractivity contribution is 5.77. The van der Waals surface area contributed by atoms with Crippen LogP contribution in [-0.4, -0.2) is 46.9 Å². The maximum absolute atomic E-state index is 13.2. The minimum absolute atomic E-state index is 0.0728. The predicted molar refractivity (Wildman–Crippen MR) is 260 cm³/mol. The first-order valence-electron chi connectivity index (χ1n) is 26.9. The topological polar surface area (TPSA) is 95.9 Å². The van der Waals surface area contributed by atoms with E-state index >= 15 is 0 Å². The summed E-state index contributed by atoms with van der Waals surface area (Å²) in [6.07, 6.45) is 54.4. The molecule has 0 aromatic carbocycles. The maximum Gasteiger partial charge on any atom is 0.306 e. The van der Waals surface area contributed by atoms with Gasteiger partial charge in [0.1, 0.15) is 6.10 Å². The summed E-state index contributed by atoms with van der Waals surface area (Å²) in [6, 6.07) is -0.699. The Bertz CT molecular complexity index is 909. The van der Waals surface area contributed by atoms with E-state index in [0.717, 1.165) is 64.2 Å². The van der Waals surface area contributed by atoms with Crippen LogP contribution in [-0.2, 0) is 14.3 Å². The van der Waals surface area contributed by atoms with Gasteiger partial charge in [0.2, 0.25) is 5.91 Å². The number of carbonyl (C=O) groups excluding carboxylic acids is 2. The predicted octanol–water partition coefficient (Wildman–Crippen LogP) is 16.1. The lowest BCUT2D eigenvalue weighted by Gasteiger charge is -2.24. The van der Waals surface area contributed by atoms with E-state index in [-0.39, 0.29) is 24.9 Å². The molecule has 6 nitrogen and oxygen atoms in total. The van der Waals surface area contributed by atoms with Crippen molar-refractivity contribution in [1.29, 1.82) is 0 Å². The number of carbonyl (C=O) groups is 2. The number of hydrogen-bond acceptors (Lipinski definition) is 5. The molecule has 60 heavy (non-hydrogen) atoms. The molecule has 1 amide bonds. The van der Waals surface area contributed by atoms with E-state index in [9.17, 15) is 19.8 Å². The van der Waals surface area contributed by atoms with Gasteiger partial charge in [0.05, 0.1) is 25.2 Å². The molecular weight excluding hydrogens is 743 g/mol. The molecule has 356 valence electrons. The Morgan fingerprint density at radius 2 is 0.833 bits per heavy atom. The number of esters is 1. The van der Waals surface area contributed by atoms with Gasteiger partial charge in [0.15, 0.2) is 0 Å². The zero-order valence-corrected chi connectivity index (χ0v) is 40.6. The van der Waals surface area contributed by atoms with Crippen LogP contribution >= 0.6 is 0 Å². The number of ether oxygens (including phenoxy) is 1. The van der Waals surface area contributed by atoms with Gasteiger partial charge in [-0.3, -0.25) is 9.59 Å². The second-order valence-corrected chi connectivity index (χ2v) is 18.6. The van der Waals surface area contributed by atoms with E-state index in [1.807, 2.05) is 0 Å². The Balaban J connectivity index is 4.32. The summed E-state index contributed by atoms with van der Waals surface area (Å²) in [7, 11) is 0. The third-order valence-corrected chi connectivity index (χ3v) is 12.6. The number of rotatable bonds is 49. The molecule has 0 bridgehead atoms. The van der Waals surface area contributed by atoms with Crippen molar-refractivity contribution in [2.45, 2.75) is 315 Å². The standard InChI is InChI=1S/C54H105NO5/c1-4-7-10-13-16-19-21-23-25-26-27-28-29-31-33-35-38-41-44-47-54(59)60-50(45-42-39-36-18-15-12-9-6-3)48-53(58)55-51(49-56)52(57)46-43-40-37-34-32-30-24-22-20-17-14-11-8-5-2/h12,15,50-52,56-57H,4-11,13-14,16-49H2,1-3H3,(H,55,58)/b15-12-. The fraction of sp³-hybridized carbons (Fsp3) is 0.926. The van der Waals surface area contributed by atoms with Gasteiger partial charge in [-0.05, 0) is 44.9 Å². The first kappa shape index (κ1) is 58.6. The second kappa shape index (κ2) is 48.6. The van der Waals surface area contributed by atoms with Crippen molar-refractivity contribution in [3.05, 3.63) is 12.2 Å². The van der Waals surface area contributed by atoms with Crippen molar-refractivity contribution >= 4 is 11.9 Å². The number of aliphatic hydroxyl groups is 2. The van der Waals surface area contributed by atoms with E-state index in [0.29, 0.717) is 19.3 Å². The Labute approximate surface area is 374 Å². The largest absolute Gasteiger partial charge is 0.462 e. The Morgan fingerprint density at radius 1 is 0.467 bits per heavy atom. The van der Waals surface area contributed by atoms with Gasteiger partial charge in [-0.15, -0.1) is 0 Å². The monoisotopic (exact) mass is 848 g/mol. The van der Waals surface area contributed by atoms with Crippen LogP contribution in [0.3, 0.4) is 0 Å². The molecule has 0 aliphatic heterocycles. The van der Waals surface area contributed by atoms with Crippen LogP contribution < -0.4 is 5.32 Å². The average molecular weight is 848 g/mol. The van der Waals surface area contributed by atoms with E-state index in [1.54, 1.807) is 0 Å². The van der Waals surface area contributed by atoms with Gasteiger partial charge in [0.25, 0.3) is 0 Å². The Hall–Kier alpha value is -1.40. The Morgan fingerprint density at radius 3 is 1.25 bits per heavy atom. The summed E-state index contributed by atoms with van der Waals surface area (Å²) < 4.78 is 5.91. The zero-order valence-electron chi connectivity index (χ0n) is 40.6. The fourth-order valence-electron chi connectivity index (χ4n) is 8.49. The first-order chi connectivity index (χ1) is 29.5. The van der Waals surface area contributed by atoms with Crippen molar-refractivity contribution in [3.8, 4) is 0 Å². The molecule has 3 N–H and O–H groups in total. The van der Waals surface area contributed by atoms with Crippen molar-refractivity contribution in [2.75, 3.05) is 6.61 Å². The summed E-state index contributed by atoms with van der Waals surface area (Å²) in [4.78, 5) is 26.1. The zero-order chi connectivity index (χ0) is 43.8. The SMILES string of the molecule is CCC/C=C\CCCCCC(CC(=O)NC(CO)C(O)CCCCCCCCCCCCCCCC)OC(=O)CCCCCCCCCCCCCCCCCCCCC. The number of unbranched alkanes of at least 4 members (excludes halogenated alkanes) is 35. The van der Waals surface area contributed by atoms with Gasteiger partial charge >= 0.3 is 5.97 Å². The molecule has 3 atom stereocenters. The number of amides is 1. The third kappa shape index (κ3) is 43.3. The molecule has 0 aliphatic carbocycles. The highest BCUT2D eigenvalue weighted by Gasteiger charge is 2.24. The molecule has 0 aromatic rings. The lowest BCUT2D eigenvalue weighted by molar-refractivity contribution is -0.151. The molecule has 0 radical (unpaired) electrons. The summed E-state index contributed by atoms with van der Waals surface area (Å²) in [5, 5.41) is 23.7. The quantitative estimate of drug-likeness (QED) is 0.0322. The molecule has 3 unspecified atom stereocenters. The minimum atomic E-state index is -0.785. The van der Waals surface area contributed by atoms with Gasteiger partial charge in [0, 0.05) is 6.42 Å². The molecule has 0 rings (SSSR count). The normalized spacial score (nSPS) is 13.2. The van der Waals surface area contributed by atoms with Crippen LogP contribution in [0, 0.1) is 0 Å².